The van der Waals surface area contributed by atoms with Crippen LogP contribution >= 0.6 is 0 Å². The molecule has 2 N–H and O–H groups in total. The maximum Gasteiger partial charge on any atom is 0.218 e. The largest absolute Gasteiger partial charge is 0.478 e. The molecule has 1 aromatic rings. The number of ether oxygens (including phenoxy) is 2. The van der Waals surface area contributed by atoms with Crippen LogP contribution < -0.4 is 15.4 Å². The van der Waals surface area contributed by atoms with Gasteiger partial charge in [0.05, 0.1) is 19.8 Å². The number of hydrogen-bond donors (Lipinski definition) is 2. The van der Waals surface area contributed by atoms with Crippen molar-refractivity contribution >= 4 is 5.96 Å². The number of aliphatic imine (C=N–C) groups is 1. The number of hydrogen-bond acceptors (Lipinski definition) is 5. The van der Waals surface area contributed by atoms with Crippen LogP contribution in [-0.4, -0.2) is 68.4 Å². The number of nitrogens with zero attached hydrogens (tertiary/aromatic N) is 3. The van der Waals surface area contributed by atoms with E-state index in [-0.39, 0.29) is 0 Å². The molecule has 0 bridgehead atoms. The SMILES string of the molecule is CCOc1ncccc1CNC(=NC)NCC(C(C)C)N1CCOCC1. The molecular weight excluding hydrogens is 330 g/mol. The van der Waals surface area contributed by atoms with Crippen LogP contribution in [0, 0.1) is 5.92 Å². The molecule has 1 atom stereocenters. The molecule has 0 aliphatic carbocycles. The highest BCUT2D eigenvalue weighted by Crippen LogP contribution is 2.14. The normalized spacial score (nSPS) is 17.2. The van der Waals surface area contributed by atoms with E-state index in [1.807, 2.05) is 19.1 Å². The zero-order valence-corrected chi connectivity index (χ0v) is 16.5. The van der Waals surface area contributed by atoms with Gasteiger partial charge in [-0.05, 0) is 18.9 Å². The highest BCUT2D eigenvalue weighted by Gasteiger charge is 2.23. The first-order valence-electron chi connectivity index (χ1n) is 9.48. The van der Waals surface area contributed by atoms with Crippen molar-refractivity contribution in [3.05, 3.63) is 23.9 Å². The van der Waals surface area contributed by atoms with E-state index in [2.05, 4.69) is 39.4 Å². The third-order valence-electron chi connectivity index (χ3n) is 4.56. The Bertz CT molecular complexity index is 559. The third kappa shape index (κ3) is 6.14. The highest BCUT2D eigenvalue weighted by atomic mass is 16.5. The minimum absolute atomic E-state index is 0.454. The first-order valence-corrected chi connectivity index (χ1v) is 9.48. The van der Waals surface area contributed by atoms with Crippen molar-refractivity contribution in [2.75, 3.05) is 46.5 Å². The Balaban J connectivity index is 1.88. The number of pyridine rings is 1. The van der Waals surface area contributed by atoms with Gasteiger partial charge in [0, 0.05) is 51.0 Å². The Morgan fingerprint density at radius 1 is 1.35 bits per heavy atom. The standard InChI is InChI=1S/C19H33N5O2/c1-5-26-18-16(7-6-8-21-18)13-22-19(20-4)23-14-17(15(2)3)24-9-11-25-12-10-24/h6-8,15,17H,5,9-14H2,1-4H3,(H2,20,22,23). The second-order valence-electron chi connectivity index (χ2n) is 6.67. The summed E-state index contributed by atoms with van der Waals surface area (Å²) in [7, 11) is 1.79. The van der Waals surface area contributed by atoms with E-state index in [0.29, 0.717) is 31.0 Å². The van der Waals surface area contributed by atoms with Gasteiger partial charge in [-0.2, -0.15) is 0 Å². The molecule has 1 aliphatic heterocycles. The quantitative estimate of drug-likeness (QED) is 0.539. The second-order valence-corrected chi connectivity index (χ2v) is 6.67. The predicted octanol–water partition coefficient (Wildman–Crippen LogP) is 1.50. The summed E-state index contributed by atoms with van der Waals surface area (Å²) in [6.07, 6.45) is 1.75. The van der Waals surface area contributed by atoms with Gasteiger partial charge in [-0.1, -0.05) is 19.9 Å². The molecule has 0 saturated carbocycles. The first-order chi connectivity index (χ1) is 12.7. The lowest BCUT2D eigenvalue weighted by molar-refractivity contribution is 0.00752. The molecule has 26 heavy (non-hydrogen) atoms. The monoisotopic (exact) mass is 363 g/mol. The summed E-state index contributed by atoms with van der Waals surface area (Å²) < 4.78 is 11.1. The van der Waals surface area contributed by atoms with Crippen LogP contribution in [0.5, 0.6) is 5.88 Å². The van der Waals surface area contributed by atoms with Gasteiger partial charge < -0.3 is 20.1 Å². The van der Waals surface area contributed by atoms with E-state index in [9.17, 15) is 0 Å². The smallest absolute Gasteiger partial charge is 0.218 e. The summed E-state index contributed by atoms with van der Waals surface area (Å²) in [5, 5.41) is 6.82. The lowest BCUT2D eigenvalue weighted by atomic mass is 10.0. The Hall–Kier alpha value is -1.86. The molecule has 1 aromatic heterocycles. The average Bonchev–Trinajstić information content (AvgIpc) is 2.66. The number of aromatic nitrogens is 1. The van der Waals surface area contributed by atoms with Gasteiger partial charge >= 0.3 is 0 Å². The maximum absolute atomic E-state index is 5.58. The van der Waals surface area contributed by atoms with Gasteiger partial charge in [0.2, 0.25) is 5.88 Å². The molecule has 1 fully saturated rings. The van der Waals surface area contributed by atoms with E-state index < -0.39 is 0 Å². The molecule has 1 aliphatic rings. The lowest BCUT2D eigenvalue weighted by Gasteiger charge is -2.37. The topological polar surface area (TPSA) is 71.0 Å². The van der Waals surface area contributed by atoms with Crippen LogP contribution in [0.25, 0.3) is 0 Å². The van der Waals surface area contributed by atoms with E-state index >= 15 is 0 Å². The van der Waals surface area contributed by atoms with E-state index in [1.165, 1.54) is 0 Å². The number of morpholine rings is 1. The van der Waals surface area contributed by atoms with Crippen molar-refractivity contribution < 1.29 is 9.47 Å². The molecule has 2 heterocycles. The average molecular weight is 364 g/mol. The molecule has 7 nitrogen and oxygen atoms in total. The molecule has 0 radical (unpaired) electrons. The highest BCUT2D eigenvalue weighted by molar-refractivity contribution is 5.79. The Morgan fingerprint density at radius 3 is 2.77 bits per heavy atom. The van der Waals surface area contributed by atoms with E-state index in [4.69, 9.17) is 9.47 Å². The predicted molar refractivity (Wildman–Crippen MR) is 105 cm³/mol. The van der Waals surface area contributed by atoms with Crippen LogP contribution in [0.4, 0.5) is 0 Å². The maximum atomic E-state index is 5.58. The fourth-order valence-corrected chi connectivity index (χ4v) is 3.12. The van der Waals surface area contributed by atoms with Crippen LogP contribution in [-0.2, 0) is 11.3 Å². The van der Waals surface area contributed by atoms with E-state index in [0.717, 1.165) is 44.4 Å². The molecule has 0 aromatic carbocycles. The van der Waals surface area contributed by atoms with Gasteiger partial charge in [-0.15, -0.1) is 0 Å². The zero-order valence-electron chi connectivity index (χ0n) is 16.5. The molecule has 1 saturated heterocycles. The molecule has 0 amide bonds. The van der Waals surface area contributed by atoms with Crippen molar-refractivity contribution in [3.63, 3.8) is 0 Å². The third-order valence-corrected chi connectivity index (χ3v) is 4.56. The first kappa shape index (κ1) is 20.5. The molecule has 146 valence electrons. The summed E-state index contributed by atoms with van der Waals surface area (Å²) in [5.74, 6) is 2.02. The van der Waals surface area contributed by atoms with Crippen molar-refractivity contribution in [3.8, 4) is 5.88 Å². The van der Waals surface area contributed by atoms with Crippen molar-refractivity contribution in [2.45, 2.75) is 33.4 Å². The molecule has 1 unspecified atom stereocenters. The minimum atomic E-state index is 0.454. The molecule has 2 rings (SSSR count). The molecule has 7 heteroatoms. The summed E-state index contributed by atoms with van der Waals surface area (Å²) in [6.45, 7) is 12.2. The van der Waals surface area contributed by atoms with Crippen LogP contribution in [0.1, 0.15) is 26.3 Å². The van der Waals surface area contributed by atoms with Gasteiger partial charge in [0.1, 0.15) is 0 Å². The number of guanidine groups is 1. The van der Waals surface area contributed by atoms with Crippen LogP contribution in [0.3, 0.4) is 0 Å². The van der Waals surface area contributed by atoms with Gasteiger partial charge in [0.15, 0.2) is 5.96 Å². The van der Waals surface area contributed by atoms with Gasteiger partial charge in [-0.3, -0.25) is 9.89 Å². The van der Waals surface area contributed by atoms with Crippen LogP contribution in [0.15, 0.2) is 23.3 Å². The Morgan fingerprint density at radius 2 is 2.12 bits per heavy atom. The minimum Gasteiger partial charge on any atom is -0.478 e. The summed E-state index contributed by atoms with van der Waals surface area (Å²) in [5.41, 5.74) is 1.02. The summed E-state index contributed by atoms with van der Waals surface area (Å²) in [4.78, 5) is 11.1. The summed E-state index contributed by atoms with van der Waals surface area (Å²) in [6, 6.07) is 4.39. The van der Waals surface area contributed by atoms with Crippen molar-refractivity contribution in [1.29, 1.82) is 0 Å². The summed E-state index contributed by atoms with van der Waals surface area (Å²) >= 11 is 0. The Kier molecular flexibility index (Phi) is 8.64. The fraction of sp³-hybridized carbons (Fsp3) is 0.684. The molecule has 0 spiro atoms. The Labute approximate surface area is 157 Å². The number of nitrogens with one attached hydrogen (secondary N) is 2. The van der Waals surface area contributed by atoms with Gasteiger partial charge in [-0.25, -0.2) is 4.98 Å². The van der Waals surface area contributed by atoms with Crippen molar-refractivity contribution in [1.82, 2.24) is 20.5 Å². The van der Waals surface area contributed by atoms with E-state index in [1.54, 1.807) is 13.2 Å². The van der Waals surface area contributed by atoms with Crippen LogP contribution in [0.2, 0.25) is 0 Å². The molecular formula is C19H33N5O2. The van der Waals surface area contributed by atoms with Crippen molar-refractivity contribution in [2.24, 2.45) is 10.9 Å². The second kappa shape index (κ2) is 11.0. The number of rotatable bonds is 8. The fourth-order valence-electron chi connectivity index (χ4n) is 3.12. The van der Waals surface area contributed by atoms with Gasteiger partial charge in [0.25, 0.3) is 0 Å². The zero-order chi connectivity index (χ0) is 18.8. The lowest BCUT2D eigenvalue weighted by Crippen LogP contribution is -2.52.